The second-order valence-electron chi connectivity index (χ2n) is 6.99. The van der Waals surface area contributed by atoms with E-state index in [1.54, 1.807) is 31.2 Å². The van der Waals surface area contributed by atoms with E-state index in [1.807, 2.05) is 0 Å². The number of halogens is 3. The molecule has 0 saturated carbocycles. The fourth-order valence-electron chi connectivity index (χ4n) is 3.53. The summed E-state index contributed by atoms with van der Waals surface area (Å²) in [6, 6.07) is 9.72. The van der Waals surface area contributed by atoms with Gasteiger partial charge in [0.15, 0.2) is 0 Å². The number of alkyl halides is 3. The average Bonchev–Trinajstić information content (AvgIpc) is 3.14. The lowest BCUT2D eigenvalue weighted by atomic mass is 9.99. The predicted molar refractivity (Wildman–Crippen MR) is 102 cm³/mol. The molecule has 158 valence electrons. The molecular weight excluding hydrogens is 407 g/mol. The minimum Gasteiger partial charge on any atom is -0.497 e. The molecule has 9 heteroatoms. The summed E-state index contributed by atoms with van der Waals surface area (Å²) in [5.74, 6) is -1.02. The third-order valence-electron chi connectivity index (χ3n) is 5.15. The number of rotatable bonds is 5. The monoisotopic (exact) mass is 429 g/mol. The van der Waals surface area contributed by atoms with Crippen LogP contribution in [0.15, 0.2) is 47.4 Å². The summed E-state index contributed by atoms with van der Waals surface area (Å²) in [6.07, 6.45) is -4.88. The molecule has 0 amide bonds. The molecular formula is C20H22F3NO4S. The third-order valence-corrected chi connectivity index (χ3v) is 7.03. The highest BCUT2D eigenvalue weighted by Gasteiger charge is 2.51. The summed E-state index contributed by atoms with van der Waals surface area (Å²) in [6.45, 7) is 1.16. The van der Waals surface area contributed by atoms with Crippen molar-refractivity contribution in [1.82, 2.24) is 4.31 Å². The normalized spacial score (nSPS) is 20.6. The molecule has 1 heterocycles. The Hall–Kier alpha value is -2.26. The van der Waals surface area contributed by atoms with E-state index in [0.29, 0.717) is 11.3 Å². The van der Waals surface area contributed by atoms with Gasteiger partial charge in [-0.15, -0.1) is 0 Å². The van der Waals surface area contributed by atoms with Crippen LogP contribution >= 0.6 is 0 Å². The molecule has 0 aliphatic carbocycles. The van der Waals surface area contributed by atoms with E-state index < -0.39 is 34.7 Å². The molecule has 2 atom stereocenters. The van der Waals surface area contributed by atoms with Gasteiger partial charge < -0.3 is 9.47 Å². The average molecular weight is 429 g/mol. The molecule has 0 N–H and O–H groups in total. The zero-order chi connectivity index (χ0) is 21.4. The van der Waals surface area contributed by atoms with Crippen LogP contribution in [0.2, 0.25) is 0 Å². The molecule has 0 unspecified atom stereocenters. The molecule has 1 fully saturated rings. The van der Waals surface area contributed by atoms with Crippen molar-refractivity contribution in [1.29, 1.82) is 0 Å². The molecule has 5 nitrogen and oxygen atoms in total. The van der Waals surface area contributed by atoms with E-state index in [1.165, 1.54) is 32.4 Å². The Morgan fingerprint density at radius 3 is 2.24 bits per heavy atom. The molecule has 2 aromatic rings. The van der Waals surface area contributed by atoms with Gasteiger partial charge in [0.2, 0.25) is 10.0 Å². The first-order valence-electron chi connectivity index (χ1n) is 8.95. The number of aryl methyl sites for hydroxylation is 1. The second kappa shape index (κ2) is 7.87. The van der Waals surface area contributed by atoms with Crippen molar-refractivity contribution in [2.45, 2.75) is 30.5 Å². The molecule has 29 heavy (non-hydrogen) atoms. The van der Waals surface area contributed by atoms with E-state index in [0.717, 1.165) is 9.87 Å². The lowest BCUT2D eigenvalue weighted by Crippen LogP contribution is -2.33. The van der Waals surface area contributed by atoms with Crippen LogP contribution in [0.3, 0.4) is 0 Å². The lowest BCUT2D eigenvalue weighted by Gasteiger charge is -2.26. The van der Waals surface area contributed by atoms with Crippen LogP contribution in [0, 0.1) is 12.8 Å². The van der Waals surface area contributed by atoms with E-state index in [2.05, 4.69) is 0 Å². The Labute approximate surface area is 168 Å². The van der Waals surface area contributed by atoms with Crippen molar-refractivity contribution in [2.75, 3.05) is 20.8 Å². The number of hydrogen-bond acceptors (Lipinski definition) is 4. The zero-order valence-electron chi connectivity index (χ0n) is 16.2. The van der Waals surface area contributed by atoms with Crippen LogP contribution < -0.4 is 9.47 Å². The van der Waals surface area contributed by atoms with Gasteiger partial charge in [0.05, 0.1) is 31.1 Å². The molecule has 2 aromatic carbocycles. The van der Waals surface area contributed by atoms with E-state index in [-0.39, 0.29) is 17.1 Å². The van der Waals surface area contributed by atoms with Crippen molar-refractivity contribution < 1.29 is 31.1 Å². The summed E-state index contributed by atoms with van der Waals surface area (Å²) in [5, 5.41) is 0. The Morgan fingerprint density at radius 1 is 1.03 bits per heavy atom. The van der Waals surface area contributed by atoms with Crippen LogP contribution in [0.1, 0.15) is 23.6 Å². The van der Waals surface area contributed by atoms with Gasteiger partial charge in [-0.25, -0.2) is 8.42 Å². The Morgan fingerprint density at radius 2 is 1.69 bits per heavy atom. The largest absolute Gasteiger partial charge is 0.497 e. The Bertz CT molecular complexity index is 974. The number of hydrogen-bond donors (Lipinski definition) is 0. The van der Waals surface area contributed by atoms with E-state index in [9.17, 15) is 21.6 Å². The van der Waals surface area contributed by atoms with Gasteiger partial charge in [0.1, 0.15) is 11.5 Å². The first-order valence-corrected chi connectivity index (χ1v) is 10.4. The van der Waals surface area contributed by atoms with E-state index in [4.69, 9.17) is 9.47 Å². The fourth-order valence-corrected chi connectivity index (χ4v) is 5.19. The summed E-state index contributed by atoms with van der Waals surface area (Å²) in [7, 11) is -1.30. The summed E-state index contributed by atoms with van der Waals surface area (Å²) in [5.41, 5.74) is 1.22. The Kier molecular flexibility index (Phi) is 5.82. The maximum atomic E-state index is 13.5. The molecule has 3 rings (SSSR count). The molecule has 1 aliphatic heterocycles. The van der Waals surface area contributed by atoms with Crippen molar-refractivity contribution >= 4 is 10.0 Å². The number of ether oxygens (including phenoxy) is 2. The van der Waals surface area contributed by atoms with Crippen molar-refractivity contribution in [2.24, 2.45) is 5.92 Å². The minimum absolute atomic E-state index is 0.0385. The third kappa shape index (κ3) is 4.20. The fraction of sp³-hybridized carbons (Fsp3) is 0.400. The van der Waals surface area contributed by atoms with Gasteiger partial charge in [-0.2, -0.15) is 17.5 Å². The molecule has 0 spiro atoms. The Balaban J connectivity index is 2.09. The van der Waals surface area contributed by atoms with Crippen molar-refractivity contribution in [3.05, 3.63) is 53.6 Å². The van der Waals surface area contributed by atoms with Gasteiger partial charge in [0, 0.05) is 18.2 Å². The van der Waals surface area contributed by atoms with Gasteiger partial charge in [-0.05, 0) is 31.5 Å². The predicted octanol–water partition coefficient (Wildman–Crippen LogP) is 4.33. The van der Waals surface area contributed by atoms with Crippen LogP contribution in [-0.4, -0.2) is 39.7 Å². The standard InChI is InChI=1S/C20H22F3NO4S/c1-13-4-7-16(8-5-13)29(25,26)24-12-14(20(21,22)23)10-18(24)17-9-6-15(27-2)11-19(17)28-3/h4-9,11,14,18H,10,12H2,1-3H3/t14-,18+/m1/s1. The SMILES string of the molecule is COc1ccc([C@@H]2C[C@@H](C(F)(F)F)CN2S(=O)(=O)c2ccc(C)cc2)c(OC)c1. The molecule has 0 radical (unpaired) electrons. The molecule has 1 saturated heterocycles. The van der Waals surface area contributed by atoms with Gasteiger partial charge in [-0.1, -0.05) is 23.8 Å². The highest BCUT2D eigenvalue weighted by atomic mass is 32.2. The highest BCUT2D eigenvalue weighted by Crippen LogP contribution is 2.47. The van der Waals surface area contributed by atoms with Gasteiger partial charge in [-0.3, -0.25) is 0 Å². The second-order valence-corrected chi connectivity index (χ2v) is 8.88. The van der Waals surface area contributed by atoms with Crippen molar-refractivity contribution in [3.63, 3.8) is 0 Å². The first kappa shape index (κ1) is 21.4. The van der Waals surface area contributed by atoms with E-state index >= 15 is 0 Å². The summed E-state index contributed by atoms with van der Waals surface area (Å²) in [4.78, 5) is -0.0385. The van der Waals surface area contributed by atoms with Crippen molar-refractivity contribution in [3.8, 4) is 11.5 Å². The number of benzene rings is 2. The quantitative estimate of drug-likeness (QED) is 0.710. The summed E-state index contributed by atoms with van der Waals surface area (Å²) >= 11 is 0. The number of methoxy groups -OCH3 is 2. The first-order chi connectivity index (χ1) is 13.6. The molecule has 0 bridgehead atoms. The highest BCUT2D eigenvalue weighted by molar-refractivity contribution is 7.89. The number of nitrogens with zero attached hydrogens (tertiary/aromatic N) is 1. The van der Waals surface area contributed by atoms with Crippen LogP contribution in [0.5, 0.6) is 11.5 Å². The smallest absolute Gasteiger partial charge is 0.393 e. The van der Waals surface area contributed by atoms with Crippen LogP contribution in [0.4, 0.5) is 13.2 Å². The topological polar surface area (TPSA) is 55.8 Å². The minimum atomic E-state index is -4.50. The maximum absolute atomic E-state index is 13.5. The lowest BCUT2D eigenvalue weighted by molar-refractivity contribution is -0.169. The number of sulfonamides is 1. The van der Waals surface area contributed by atoms with Crippen LogP contribution in [-0.2, 0) is 10.0 Å². The zero-order valence-corrected chi connectivity index (χ0v) is 17.0. The maximum Gasteiger partial charge on any atom is 0.393 e. The molecule has 1 aliphatic rings. The molecule has 0 aromatic heterocycles. The van der Waals surface area contributed by atoms with Gasteiger partial charge in [0.25, 0.3) is 0 Å². The van der Waals surface area contributed by atoms with Crippen LogP contribution in [0.25, 0.3) is 0 Å². The summed E-state index contributed by atoms with van der Waals surface area (Å²) < 4.78 is 78.3. The van der Waals surface area contributed by atoms with Gasteiger partial charge >= 0.3 is 6.18 Å².